The van der Waals surface area contributed by atoms with Crippen LogP contribution in [0, 0.1) is 0 Å². The first-order valence-corrected chi connectivity index (χ1v) is 1.49. The van der Waals surface area contributed by atoms with Gasteiger partial charge in [-0.3, -0.25) is 0 Å². The minimum Gasteiger partial charge on any atom is -1.00 e. The number of halogens is 1. The van der Waals surface area contributed by atoms with Gasteiger partial charge < -0.3 is 22.3 Å². The topological polar surface area (TPSA) is 32.3 Å². The Labute approximate surface area is 65.8 Å². The predicted octanol–water partition coefficient (Wildman–Crippen LogP) is -4.38. The van der Waals surface area contributed by atoms with Crippen molar-refractivity contribution in [1.29, 1.82) is 0 Å². The van der Waals surface area contributed by atoms with Gasteiger partial charge in [-0.2, -0.15) is 0 Å². The molecule has 0 aliphatic heterocycles. The van der Waals surface area contributed by atoms with Crippen molar-refractivity contribution < 1.29 is 22.3 Å². The molecule has 0 atom stereocenters. The van der Waals surface area contributed by atoms with Gasteiger partial charge in [0, 0.05) is 13.7 Å². The summed E-state index contributed by atoms with van der Waals surface area (Å²) in [5.41, 5.74) is 0. The third kappa shape index (κ3) is 19.5. The van der Waals surface area contributed by atoms with Crippen molar-refractivity contribution in [2.75, 3.05) is 20.3 Å². The largest absolute Gasteiger partial charge is 2.00 e. The Bertz CT molecular complexity index is 20.4. The zero-order valence-electron chi connectivity index (χ0n) is 4.32. The van der Waals surface area contributed by atoms with E-state index in [0.29, 0.717) is 6.61 Å². The van der Waals surface area contributed by atoms with E-state index in [0.717, 1.165) is 0 Å². The molecule has 0 aliphatic carbocycles. The van der Waals surface area contributed by atoms with Crippen LogP contribution in [0.1, 0.15) is 0 Å². The van der Waals surface area contributed by atoms with Gasteiger partial charge in [-0.05, 0) is 0 Å². The molecular weight excluding hydrogens is 128 g/mol. The predicted molar refractivity (Wildman–Crippen MR) is 22.5 cm³/mol. The zero-order chi connectivity index (χ0) is 4.12. The molecule has 0 heterocycles. The summed E-state index contributed by atoms with van der Waals surface area (Å²) in [7, 11) is 1.51. The molecule has 0 spiro atoms. The Morgan fingerprint density at radius 2 is 2.00 bits per heavy atom. The smallest absolute Gasteiger partial charge is 1.00 e. The molecule has 0 saturated heterocycles. The number of rotatable bonds is 2. The Hall–Kier alpha value is 0.976. The van der Waals surface area contributed by atoms with E-state index in [9.17, 15) is 5.11 Å². The van der Waals surface area contributed by atoms with E-state index in [2.05, 4.69) is 4.74 Å². The summed E-state index contributed by atoms with van der Waals surface area (Å²) < 4.78 is 4.38. The van der Waals surface area contributed by atoms with E-state index >= 15 is 0 Å². The zero-order valence-corrected chi connectivity index (χ0v) is 6.49. The summed E-state index contributed by atoms with van der Waals surface area (Å²) >= 11 is 0. The van der Waals surface area contributed by atoms with Gasteiger partial charge in [0.1, 0.15) is 0 Å². The average molecular weight is 135 g/mol. The normalized spacial score (nSPS) is 6.00. The molecule has 0 fully saturated rings. The van der Waals surface area contributed by atoms with Crippen LogP contribution in [-0.4, -0.2) is 43.4 Å². The van der Waals surface area contributed by atoms with Crippen molar-refractivity contribution in [1.82, 2.24) is 0 Å². The van der Waals surface area contributed by atoms with Crippen LogP contribution < -0.4 is 17.5 Å². The van der Waals surface area contributed by atoms with Gasteiger partial charge in [0.25, 0.3) is 0 Å². The molecule has 0 aromatic heterocycles. The SMILES string of the molecule is COCC[O-].[Cl-].[Mg+2]. The molecule has 0 rings (SSSR count). The van der Waals surface area contributed by atoms with Gasteiger partial charge in [0.15, 0.2) is 0 Å². The molecule has 0 N–H and O–H groups in total. The van der Waals surface area contributed by atoms with Crippen molar-refractivity contribution >= 4 is 23.1 Å². The summed E-state index contributed by atoms with van der Waals surface area (Å²) in [6.45, 7) is 0.205. The van der Waals surface area contributed by atoms with Crippen LogP contribution in [0.3, 0.4) is 0 Å². The molecule has 0 radical (unpaired) electrons. The molecule has 0 bridgehead atoms. The summed E-state index contributed by atoms with van der Waals surface area (Å²) in [6.07, 6.45) is 0. The average Bonchev–Trinajstić information content (AvgIpc) is 1.41. The maximum Gasteiger partial charge on any atom is 2.00 e. The van der Waals surface area contributed by atoms with E-state index in [1.54, 1.807) is 0 Å². The molecule has 0 amide bonds. The molecule has 7 heavy (non-hydrogen) atoms. The van der Waals surface area contributed by atoms with Crippen LogP contribution in [0.5, 0.6) is 0 Å². The fourth-order valence-corrected chi connectivity index (χ4v) is 0.0833. The van der Waals surface area contributed by atoms with Gasteiger partial charge in [0.2, 0.25) is 0 Å². The number of hydrogen-bond donors (Lipinski definition) is 0. The Morgan fingerprint density at radius 3 is 2.00 bits per heavy atom. The second kappa shape index (κ2) is 15.8. The van der Waals surface area contributed by atoms with Gasteiger partial charge >= 0.3 is 23.1 Å². The van der Waals surface area contributed by atoms with Gasteiger partial charge in [-0.25, -0.2) is 0 Å². The molecule has 0 aliphatic rings. The minimum absolute atomic E-state index is 0. The summed E-state index contributed by atoms with van der Waals surface area (Å²) in [5.74, 6) is 0. The van der Waals surface area contributed by atoms with Crippen LogP contribution in [0.2, 0.25) is 0 Å². The fourth-order valence-electron chi connectivity index (χ4n) is 0.0833. The number of methoxy groups -OCH3 is 1. The second-order valence-corrected chi connectivity index (χ2v) is 0.697. The number of ether oxygens (including phenoxy) is 1. The quantitative estimate of drug-likeness (QED) is 0.358. The first-order chi connectivity index (χ1) is 2.41. The molecule has 4 heteroatoms. The first-order valence-electron chi connectivity index (χ1n) is 1.49. The summed E-state index contributed by atoms with van der Waals surface area (Å²) in [4.78, 5) is 0. The van der Waals surface area contributed by atoms with Crippen molar-refractivity contribution in [3.63, 3.8) is 0 Å². The van der Waals surface area contributed by atoms with Crippen molar-refractivity contribution in [2.24, 2.45) is 0 Å². The Kier molecular flexibility index (Phi) is 35.3. The maximum absolute atomic E-state index is 9.40. The third-order valence-electron chi connectivity index (χ3n) is 0.287. The van der Waals surface area contributed by atoms with Crippen LogP contribution in [0.25, 0.3) is 0 Å². The van der Waals surface area contributed by atoms with Crippen LogP contribution in [-0.2, 0) is 4.74 Å². The molecule has 0 aromatic rings. The Balaban J connectivity index is -0.0000000800. The standard InChI is InChI=1S/C3H7O2.ClH.Mg/c1-5-3-2-4;;/h2-3H2,1H3;1H;/q-1;;+2/p-1. The number of hydrogen-bond acceptors (Lipinski definition) is 2. The van der Waals surface area contributed by atoms with Gasteiger partial charge in [0.05, 0.1) is 0 Å². The van der Waals surface area contributed by atoms with E-state index in [1.165, 1.54) is 7.11 Å². The monoisotopic (exact) mass is 134 g/mol. The second-order valence-electron chi connectivity index (χ2n) is 0.697. The fraction of sp³-hybridized carbons (Fsp3) is 1.00. The summed E-state index contributed by atoms with van der Waals surface area (Å²) in [5, 5.41) is 9.40. The molecule has 2 nitrogen and oxygen atoms in total. The van der Waals surface area contributed by atoms with Crippen molar-refractivity contribution in [3.8, 4) is 0 Å². The van der Waals surface area contributed by atoms with Crippen LogP contribution in [0.4, 0.5) is 0 Å². The summed E-state index contributed by atoms with van der Waals surface area (Å²) in [6, 6.07) is 0. The van der Waals surface area contributed by atoms with E-state index < -0.39 is 0 Å². The molecular formula is C3H7ClMgO2. The molecule has 0 saturated carbocycles. The van der Waals surface area contributed by atoms with E-state index in [-0.39, 0.29) is 42.1 Å². The van der Waals surface area contributed by atoms with Gasteiger partial charge in [-0.15, -0.1) is 6.61 Å². The van der Waals surface area contributed by atoms with Crippen LogP contribution in [0.15, 0.2) is 0 Å². The minimum atomic E-state index is -0.128. The van der Waals surface area contributed by atoms with Crippen molar-refractivity contribution in [3.05, 3.63) is 0 Å². The Morgan fingerprint density at radius 1 is 1.57 bits per heavy atom. The van der Waals surface area contributed by atoms with Gasteiger partial charge in [-0.1, -0.05) is 0 Å². The van der Waals surface area contributed by atoms with E-state index in [1.807, 2.05) is 0 Å². The first kappa shape index (κ1) is 15.7. The third-order valence-corrected chi connectivity index (χ3v) is 0.287. The maximum atomic E-state index is 9.40. The molecule has 40 valence electrons. The van der Waals surface area contributed by atoms with E-state index in [4.69, 9.17) is 0 Å². The molecule has 0 aromatic carbocycles. The van der Waals surface area contributed by atoms with Crippen molar-refractivity contribution in [2.45, 2.75) is 0 Å². The molecule has 0 unspecified atom stereocenters. The van der Waals surface area contributed by atoms with Crippen LogP contribution >= 0.6 is 0 Å².